The first-order valence-electron chi connectivity index (χ1n) is 6.15. The highest BCUT2D eigenvalue weighted by Crippen LogP contribution is 2.20. The number of benzene rings is 1. The first-order chi connectivity index (χ1) is 9.58. The van der Waals surface area contributed by atoms with Crippen LogP contribution in [0.15, 0.2) is 18.2 Å². The molecule has 0 spiro atoms. The number of anilines is 2. The fourth-order valence-corrected chi connectivity index (χ4v) is 1.45. The van der Waals surface area contributed by atoms with Gasteiger partial charge in [0.15, 0.2) is 0 Å². The summed E-state index contributed by atoms with van der Waals surface area (Å²) >= 11 is 0. The van der Waals surface area contributed by atoms with Gasteiger partial charge < -0.3 is 25.6 Å². The molecule has 7 heteroatoms. The van der Waals surface area contributed by atoms with E-state index in [2.05, 4.69) is 10.1 Å². The smallest absolute Gasteiger partial charge is 0.338 e. The van der Waals surface area contributed by atoms with Gasteiger partial charge in [0.05, 0.1) is 23.5 Å². The molecule has 0 amide bonds. The van der Waals surface area contributed by atoms with Crippen molar-refractivity contribution in [2.75, 3.05) is 37.4 Å². The maximum absolute atomic E-state index is 11.6. The summed E-state index contributed by atoms with van der Waals surface area (Å²) in [4.78, 5) is 22.3. The SMILES string of the molecule is CCOC(=O)c1ccc(N)c(NCCOC(=O)CO)c1. The fourth-order valence-electron chi connectivity index (χ4n) is 1.45. The third-order valence-corrected chi connectivity index (χ3v) is 2.37. The summed E-state index contributed by atoms with van der Waals surface area (Å²) in [7, 11) is 0. The molecular formula is C13H18N2O5. The van der Waals surface area contributed by atoms with E-state index >= 15 is 0 Å². The highest BCUT2D eigenvalue weighted by Gasteiger charge is 2.09. The average molecular weight is 282 g/mol. The van der Waals surface area contributed by atoms with Crippen LogP contribution in [0.2, 0.25) is 0 Å². The molecule has 20 heavy (non-hydrogen) atoms. The van der Waals surface area contributed by atoms with Crippen molar-refractivity contribution >= 4 is 23.3 Å². The molecule has 0 aromatic heterocycles. The summed E-state index contributed by atoms with van der Waals surface area (Å²) < 4.78 is 9.57. The topological polar surface area (TPSA) is 111 Å². The number of hydrogen-bond donors (Lipinski definition) is 3. The third-order valence-electron chi connectivity index (χ3n) is 2.37. The van der Waals surface area contributed by atoms with Crippen LogP contribution in [0.4, 0.5) is 11.4 Å². The summed E-state index contributed by atoms with van der Waals surface area (Å²) in [6.07, 6.45) is 0. The third kappa shape index (κ3) is 4.77. The van der Waals surface area contributed by atoms with E-state index < -0.39 is 18.5 Å². The quantitative estimate of drug-likeness (QED) is 0.377. The lowest BCUT2D eigenvalue weighted by Crippen LogP contribution is -2.16. The molecule has 1 aromatic rings. The van der Waals surface area contributed by atoms with Gasteiger partial charge in [-0.15, -0.1) is 0 Å². The van der Waals surface area contributed by atoms with Gasteiger partial charge in [0, 0.05) is 6.54 Å². The number of carbonyl (C=O) groups is 2. The highest BCUT2D eigenvalue weighted by molar-refractivity contribution is 5.92. The van der Waals surface area contributed by atoms with Gasteiger partial charge in [-0.2, -0.15) is 0 Å². The van der Waals surface area contributed by atoms with Gasteiger partial charge >= 0.3 is 11.9 Å². The van der Waals surface area contributed by atoms with Gasteiger partial charge in [-0.05, 0) is 25.1 Å². The summed E-state index contributed by atoms with van der Waals surface area (Å²) in [5, 5.41) is 11.4. The molecule has 0 heterocycles. The van der Waals surface area contributed by atoms with Crippen LogP contribution in [0.5, 0.6) is 0 Å². The predicted molar refractivity (Wildman–Crippen MR) is 73.3 cm³/mol. The molecular weight excluding hydrogens is 264 g/mol. The van der Waals surface area contributed by atoms with Crippen LogP contribution in [0.3, 0.4) is 0 Å². The average Bonchev–Trinajstić information content (AvgIpc) is 2.45. The molecule has 0 aliphatic heterocycles. The van der Waals surface area contributed by atoms with Crippen molar-refractivity contribution in [3.8, 4) is 0 Å². The Kier molecular flexibility index (Phi) is 6.31. The van der Waals surface area contributed by atoms with E-state index in [1.54, 1.807) is 25.1 Å². The van der Waals surface area contributed by atoms with Crippen LogP contribution in [0, 0.1) is 0 Å². The van der Waals surface area contributed by atoms with Crippen LogP contribution in [0.1, 0.15) is 17.3 Å². The van der Waals surface area contributed by atoms with E-state index in [1.807, 2.05) is 0 Å². The lowest BCUT2D eigenvalue weighted by molar-refractivity contribution is -0.146. The molecule has 1 rings (SSSR count). The second-order valence-corrected chi connectivity index (χ2v) is 3.83. The molecule has 0 fully saturated rings. The second kappa shape index (κ2) is 8.00. The van der Waals surface area contributed by atoms with Crippen molar-refractivity contribution in [1.29, 1.82) is 0 Å². The number of aliphatic hydroxyl groups excluding tert-OH is 1. The minimum atomic E-state index is -0.694. The predicted octanol–water partition coefficient (Wildman–Crippen LogP) is 0.393. The monoisotopic (exact) mass is 282 g/mol. The van der Waals surface area contributed by atoms with E-state index in [0.29, 0.717) is 30.1 Å². The van der Waals surface area contributed by atoms with E-state index in [1.165, 1.54) is 0 Å². The normalized spacial score (nSPS) is 9.90. The number of carbonyl (C=O) groups excluding carboxylic acids is 2. The van der Waals surface area contributed by atoms with Crippen LogP contribution in [-0.4, -0.2) is 43.4 Å². The zero-order valence-corrected chi connectivity index (χ0v) is 11.2. The van der Waals surface area contributed by atoms with E-state index in [-0.39, 0.29) is 6.61 Å². The first-order valence-corrected chi connectivity index (χ1v) is 6.15. The van der Waals surface area contributed by atoms with Gasteiger partial charge in [-0.25, -0.2) is 9.59 Å². The molecule has 0 unspecified atom stereocenters. The summed E-state index contributed by atoms with van der Waals surface area (Å²) in [6, 6.07) is 4.74. The highest BCUT2D eigenvalue weighted by atomic mass is 16.5. The van der Waals surface area contributed by atoms with Crippen molar-refractivity contribution < 1.29 is 24.2 Å². The van der Waals surface area contributed by atoms with Gasteiger partial charge in [-0.3, -0.25) is 0 Å². The van der Waals surface area contributed by atoms with Crippen molar-refractivity contribution in [2.45, 2.75) is 6.92 Å². The van der Waals surface area contributed by atoms with Gasteiger partial charge in [0.1, 0.15) is 13.2 Å². The lowest BCUT2D eigenvalue weighted by Gasteiger charge is -2.11. The van der Waals surface area contributed by atoms with E-state index in [0.717, 1.165) is 0 Å². The summed E-state index contributed by atoms with van der Waals surface area (Å²) in [5.74, 6) is -1.12. The van der Waals surface area contributed by atoms with Crippen LogP contribution in [-0.2, 0) is 14.3 Å². The molecule has 4 N–H and O–H groups in total. The van der Waals surface area contributed by atoms with Crippen LogP contribution < -0.4 is 11.1 Å². The molecule has 0 atom stereocenters. The Balaban J connectivity index is 2.58. The van der Waals surface area contributed by atoms with Gasteiger partial charge in [-0.1, -0.05) is 0 Å². The van der Waals surface area contributed by atoms with Crippen LogP contribution in [0.25, 0.3) is 0 Å². The zero-order chi connectivity index (χ0) is 15.0. The standard InChI is InChI=1S/C13H18N2O5/c1-2-19-13(18)9-3-4-10(14)11(7-9)15-5-6-20-12(17)8-16/h3-4,7,15-16H,2,5-6,8,14H2,1H3. The van der Waals surface area contributed by atoms with Crippen molar-refractivity contribution in [3.05, 3.63) is 23.8 Å². The number of hydrogen-bond acceptors (Lipinski definition) is 7. The van der Waals surface area contributed by atoms with Crippen molar-refractivity contribution in [1.82, 2.24) is 0 Å². The molecule has 0 saturated heterocycles. The Labute approximate surface area is 116 Å². The molecule has 0 aliphatic rings. The van der Waals surface area contributed by atoms with Gasteiger partial charge in [0.25, 0.3) is 0 Å². The van der Waals surface area contributed by atoms with Crippen LogP contribution >= 0.6 is 0 Å². The number of ether oxygens (including phenoxy) is 2. The Morgan fingerprint density at radius 1 is 1.35 bits per heavy atom. The fraction of sp³-hybridized carbons (Fsp3) is 0.385. The molecule has 7 nitrogen and oxygen atoms in total. The molecule has 1 aromatic carbocycles. The second-order valence-electron chi connectivity index (χ2n) is 3.83. The zero-order valence-electron chi connectivity index (χ0n) is 11.2. The number of nitrogens with two attached hydrogens (primary N) is 1. The minimum Gasteiger partial charge on any atom is -0.462 e. The molecule has 110 valence electrons. The summed E-state index contributed by atoms with van der Waals surface area (Å²) in [5.41, 5.74) is 7.17. The Bertz CT molecular complexity index is 476. The lowest BCUT2D eigenvalue weighted by atomic mass is 10.1. The first kappa shape index (κ1) is 15.8. The molecule has 0 radical (unpaired) electrons. The van der Waals surface area contributed by atoms with Gasteiger partial charge in [0.2, 0.25) is 0 Å². The molecule has 0 bridgehead atoms. The molecule has 0 aliphatic carbocycles. The maximum Gasteiger partial charge on any atom is 0.338 e. The number of nitrogens with one attached hydrogen (secondary N) is 1. The Hall–Kier alpha value is -2.28. The molecule has 0 saturated carbocycles. The number of rotatable bonds is 7. The summed E-state index contributed by atoms with van der Waals surface area (Å²) in [6.45, 7) is 1.76. The number of esters is 2. The maximum atomic E-state index is 11.6. The largest absolute Gasteiger partial charge is 0.462 e. The van der Waals surface area contributed by atoms with Crippen molar-refractivity contribution in [2.24, 2.45) is 0 Å². The van der Waals surface area contributed by atoms with E-state index in [4.69, 9.17) is 15.6 Å². The minimum absolute atomic E-state index is 0.0858. The van der Waals surface area contributed by atoms with Crippen molar-refractivity contribution in [3.63, 3.8) is 0 Å². The number of nitrogen functional groups attached to an aromatic ring is 1. The number of aliphatic hydroxyl groups is 1. The van der Waals surface area contributed by atoms with E-state index in [9.17, 15) is 9.59 Å². The Morgan fingerprint density at radius 3 is 2.75 bits per heavy atom. The Morgan fingerprint density at radius 2 is 2.10 bits per heavy atom.